The van der Waals surface area contributed by atoms with Crippen molar-refractivity contribution in [2.24, 2.45) is 5.92 Å². The van der Waals surface area contributed by atoms with E-state index in [0.29, 0.717) is 29.6 Å². The number of carbonyl (C=O) groups excluding carboxylic acids is 1. The van der Waals surface area contributed by atoms with E-state index < -0.39 is 5.97 Å². The number of amides is 1. The minimum atomic E-state index is -1.06. The maximum absolute atomic E-state index is 13.1. The van der Waals surface area contributed by atoms with Gasteiger partial charge in [0, 0.05) is 29.5 Å². The van der Waals surface area contributed by atoms with Crippen LogP contribution >= 0.6 is 0 Å². The van der Waals surface area contributed by atoms with Gasteiger partial charge in [-0.3, -0.25) is 4.79 Å². The van der Waals surface area contributed by atoms with E-state index in [9.17, 15) is 14.7 Å². The van der Waals surface area contributed by atoms with Crippen LogP contribution in [0.4, 0.5) is 0 Å². The zero-order chi connectivity index (χ0) is 33.3. The molecule has 0 saturated heterocycles. The van der Waals surface area contributed by atoms with Gasteiger partial charge in [0.15, 0.2) is 0 Å². The van der Waals surface area contributed by atoms with Gasteiger partial charge in [0.1, 0.15) is 11.9 Å². The van der Waals surface area contributed by atoms with Gasteiger partial charge >= 0.3 is 5.97 Å². The van der Waals surface area contributed by atoms with E-state index in [4.69, 9.17) is 9.47 Å². The predicted molar refractivity (Wildman–Crippen MR) is 188 cm³/mol. The number of nitrogens with one attached hydrogen (secondary N) is 1. The van der Waals surface area contributed by atoms with Crippen molar-refractivity contribution in [3.63, 3.8) is 0 Å². The number of hydrogen-bond acceptors (Lipinski definition) is 4. The van der Waals surface area contributed by atoms with Gasteiger partial charge in [0.2, 0.25) is 5.91 Å². The fourth-order valence-electron chi connectivity index (χ4n) is 7.45. The Morgan fingerprint density at radius 1 is 0.812 bits per heavy atom. The summed E-state index contributed by atoms with van der Waals surface area (Å²) in [6.07, 6.45) is 15.9. The first-order valence-corrected chi connectivity index (χ1v) is 17.7. The van der Waals surface area contributed by atoms with E-state index in [0.717, 1.165) is 49.3 Å². The number of carbonyl (C=O) groups is 2. The van der Waals surface area contributed by atoms with Crippen LogP contribution in [0.3, 0.4) is 0 Å². The Labute approximate surface area is 284 Å². The van der Waals surface area contributed by atoms with E-state index >= 15 is 0 Å². The third kappa shape index (κ3) is 9.39. The summed E-state index contributed by atoms with van der Waals surface area (Å²) in [7, 11) is 0. The molecular weight excluding hydrogens is 598 g/mol. The standard InChI is InChI=1S/C42H47NO5/c1-29-7-5-11-38(25-29)47-36-20-16-32(17-21-36)33-18-22-37(23-19-33)48-39-12-6-10-35(28-39)43-41(44)27-34-26-31(15-24-40(34)42(45)46)14-13-30-8-3-2-4-9-30/h2-4,8-9,15-16,18-20,22-24,26,29,32,35-36,38-39H,5-7,10-12,17,21,25,27-28H2,1H3,(H,43,44)(H,45,46). The van der Waals surface area contributed by atoms with Crippen molar-refractivity contribution in [3.05, 3.63) is 113 Å². The van der Waals surface area contributed by atoms with Crippen molar-refractivity contribution in [1.29, 1.82) is 0 Å². The minimum absolute atomic E-state index is 0.0102. The lowest BCUT2D eigenvalue weighted by Crippen LogP contribution is -2.42. The average Bonchev–Trinajstić information content (AvgIpc) is 3.09. The van der Waals surface area contributed by atoms with Crippen molar-refractivity contribution in [2.45, 2.75) is 108 Å². The minimum Gasteiger partial charge on any atom is -0.490 e. The topological polar surface area (TPSA) is 84.9 Å². The summed E-state index contributed by atoms with van der Waals surface area (Å²) in [6, 6.07) is 23.0. The molecule has 2 N–H and O–H groups in total. The number of ether oxygens (including phenoxy) is 2. The molecular formula is C42H47NO5. The van der Waals surface area contributed by atoms with Crippen LogP contribution < -0.4 is 10.1 Å². The normalized spacial score (nSPS) is 25.4. The summed E-state index contributed by atoms with van der Waals surface area (Å²) < 4.78 is 12.8. The Morgan fingerprint density at radius 2 is 1.58 bits per heavy atom. The number of carboxylic acid groups (broad SMARTS) is 1. The van der Waals surface area contributed by atoms with Gasteiger partial charge in [-0.2, -0.15) is 0 Å². The first-order valence-electron chi connectivity index (χ1n) is 17.7. The lowest BCUT2D eigenvalue weighted by Gasteiger charge is -2.32. The highest BCUT2D eigenvalue weighted by atomic mass is 16.5. The van der Waals surface area contributed by atoms with Gasteiger partial charge in [0.05, 0.1) is 24.2 Å². The monoisotopic (exact) mass is 645 g/mol. The third-order valence-corrected chi connectivity index (χ3v) is 9.99. The Kier molecular flexibility index (Phi) is 11.3. The molecule has 6 rings (SSSR count). The maximum Gasteiger partial charge on any atom is 0.335 e. The van der Waals surface area contributed by atoms with Crippen LogP contribution in [-0.2, 0) is 16.0 Å². The second-order valence-corrected chi connectivity index (χ2v) is 13.8. The van der Waals surface area contributed by atoms with Crippen LogP contribution in [0, 0.1) is 17.8 Å². The second-order valence-electron chi connectivity index (χ2n) is 13.8. The summed E-state index contributed by atoms with van der Waals surface area (Å²) in [4.78, 5) is 25.0. The summed E-state index contributed by atoms with van der Waals surface area (Å²) in [5.41, 5.74) is 3.42. The molecule has 1 amide bonds. The van der Waals surface area contributed by atoms with E-state index in [1.807, 2.05) is 30.3 Å². The predicted octanol–water partition coefficient (Wildman–Crippen LogP) is 8.23. The number of rotatable bonds is 9. The zero-order valence-electron chi connectivity index (χ0n) is 27.9. The fourth-order valence-corrected chi connectivity index (χ4v) is 7.45. The molecule has 2 saturated carbocycles. The highest BCUT2D eigenvalue weighted by Crippen LogP contribution is 2.33. The first kappa shape index (κ1) is 33.6. The van der Waals surface area contributed by atoms with Crippen molar-refractivity contribution >= 4 is 11.9 Å². The Hall–Kier alpha value is -4.34. The average molecular weight is 646 g/mol. The summed E-state index contributed by atoms with van der Waals surface area (Å²) in [6.45, 7) is 2.34. The van der Waals surface area contributed by atoms with Gasteiger partial charge in [-0.1, -0.05) is 74.1 Å². The molecule has 0 aliphatic heterocycles. The van der Waals surface area contributed by atoms with Crippen molar-refractivity contribution < 1.29 is 24.2 Å². The SMILES string of the molecule is CC1CCCC(OC2C=CC(c3ccc(OC4CCCC(NC(=O)Cc5cc(C#Cc6ccccc6)ccc5C(=O)O)C4)cc3)CC2)C1. The summed E-state index contributed by atoms with van der Waals surface area (Å²) in [5.74, 6) is 6.96. The number of benzene rings is 3. The number of carboxylic acids is 1. The Balaban J connectivity index is 0.994. The van der Waals surface area contributed by atoms with Crippen molar-refractivity contribution in [1.82, 2.24) is 5.32 Å². The molecule has 3 aliphatic carbocycles. The molecule has 0 radical (unpaired) electrons. The molecule has 6 unspecified atom stereocenters. The fraction of sp³-hybridized carbons (Fsp3) is 0.429. The third-order valence-electron chi connectivity index (χ3n) is 9.99. The lowest BCUT2D eigenvalue weighted by molar-refractivity contribution is -0.121. The molecule has 0 bridgehead atoms. The second kappa shape index (κ2) is 16.2. The molecule has 2 fully saturated rings. The lowest BCUT2D eigenvalue weighted by atomic mass is 9.87. The molecule has 6 heteroatoms. The largest absolute Gasteiger partial charge is 0.490 e. The Morgan fingerprint density at radius 3 is 2.33 bits per heavy atom. The van der Waals surface area contributed by atoms with E-state index in [2.05, 4.69) is 60.5 Å². The Bertz CT molecular complexity index is 1640. The smallest absolute Gasteiger partial charge is 0.335 e. The highest BCUT2D eigenvalue weighted by Gasteiger charge is 2.27. The van der Waals surface area contributed by atoms with Gasteiger partial charge < -0.3 is 19.9 Å². The van der Waals surface area contributed by atoms with E-state index in [1.54, 1.807) is 12.1 Å². The van der Waals surface area contributed by atoms with Crippen LogP contribution in [0.1, 0.15) is 110 Å². The number of hydrogen-bond donors (Lipinski definition) is 2. The maximum atomic E-state index is 13.1. The first-order chi connectivity index (χ1) is 23.4. The summed E-state index contributed by atoms with van der Waals surface area (Å²) >= 11 is 0. The van der Waals surface area contributed by atoms with Crippen LogP contribution in [-0.4, -0.2) is 41.3 Å². The van der Waals surface area contributed by atoms with Gasteiger partial charge in [-0.15, -0.1) is 0 Å². The number of aromatic carboxylic acids is 1. The van der Waals surface area contributed by atoms with Crippen LogP contribution in [0.5, 0.6) is 5.75 Å². The molecule has 0 aromatic heterocycles. The van der Waals surface area contributed by atoms with Crippen LogP contribution in [0.25, 0.3) is 0 Å². The molecule has 250 valence electrons. The number of allylic oxidation sites excluding steroid dienone is 1. The van der Waals surface area contributed by atoms with Gasteiger partial charge in [-0.25, -0.2) is 4.79 Å². The van der Waals surface area contributed by atoms with Gasteiger partial charge in [-0.05, 0) is 104 Å². The van der Waals surface area contributed by atoms with Crippen LogP contribution in [0.2, 0.25) is 0 Å². The molecule has 3 aromatic rings. The zero-order valence-corrected chi connectivity index (χ0v) is 27.9. The van der Waals surface area contributed by atoms with Crippen LogP contribution in [0.15, 0.2) is 84.9 Å². The van der Waals surface area contributed by atoms with Gasteiger partial charge in [0.25, 0.3) is 0 Å². The molecule has 3 aliphatic rings. The van der Waals surface area contributed by atoms with E-state index in [1.165, 1.54) is 37.3 Å². The van der Waals surface area contributed by atoms with E-state index in [-0.39, 0.29) is 36.1 Å². The molecule has 6 nitrogen and oxygen atoms in total. The highest BCUT2D eigenvalue weighted by molar-refractivity contribution is 5.92. The van der Waals surface area contributed by atoms with Crippen molar-refractivity contribution in [2.75, 3.05) is 0 Å². The summed E-state index contributed by atoms with van der Waals surface area (Å²) in [5, 5.41) is 12.9. The molecule has 0 heterocycles. The molecule has 48 heavy (non-hydrogen) atoms. The molecule has 0 spiro atoms. The molecule has 3 aromatic carbocycles. The molecule has 6 atom stereocenters. The van der Waals surface area contributed by atoms with Crippen molar-refractivity contribution in [3.8, 4) is 17.6 Å². The quantitative estimate of drug-likeness (QED) is 0.181.